The van der Waals surface area contributed by atoms with E-state index in [1.807, 2.05) is 5.32 Å². The Morgan fingerprint density at radius 2 is 1.68 bits per heavy atom. The maximum absolute atomic E-state index is 13.8. The van der Waals surface area contributed by atoms with E-state index in [4.69, 9.17) is 4.74 Å². The molecule has 0 radical (unpaired) electrons. The summed E-state index contributed by atoms with van der Waals surface area (Å²) in [5.41, 5.74) is -0.596. The summed E-state index contributed by atoms with van der Waals surface area (Å²) in [4.78, 5) is 37.1. The van der Waals surface area contributed by atoms with Gasteiger partial charge in [0.15, 0.2) is 6.61 Å². The Bertz CT molecular complexity index is 915. The van der Waals surface area contributed by atoms with Crippen molar-refractivity contribution in [2.45, 2.75) is 6.42 Å². The molecule has 0 aromatic heterocycles. The first-order valence-corrected chi connectivity index (χ1v) is 8.32. The first-order chi connectivity index (χ1) is 13.4. The molecule has 9 heteroatoms. The van der Waals surface area contributed by atoms with Gasteiger partial charge in [-0.05, 0) is 24.3 Å². The van der Waals surface area contributed by atoms with Crippen LogP contribution in [0.5, 0.6) is 0 Å². The molecule has 0 aliphatic carbocycles. The molecule has 0 saturated carbocycles. The number of benzene rings is 2. The summed E-state index contributed by atoms with van der Waals surface area (Å²) in [5, 5.41) is 1.98. The number of esters is 1. The van der Waals surface area contributed by atoms with Crippen molar-refractivity contribution in [2.24, 2.45) is 5.92 Å². The van der Waals surface area contributed by atoms with E-state index >= 15 is 0 Å². The molecule has 1 N–H and O–H groups in total. The fraction of sp³-hybridized carbons (Fsp3) is 0.211. The van der Waals surface area contributed by atoms with E-state index in [0.29, 0.717) is 0 Å². The van der Waals surface area contributed by atoms with Crippen LogP contribution in [0.2, 0.25) is 0 Å². The number of nitrogens with zero attached hydrogens (tertiary/aromatic N) is 1. The van der Waals surface area contributed by atoms with E-state index in [1.54, 1.807) is 6.07 Å². The molecule has 0 unspecified atom stereocenters. The number of amides is 2. The lowest BCUT2D eigenvalue weighted by Gasteiger charge is -2.17. The fourth-order valence-electron chi connectivity index (χ4n) is 2.82. The molecule has 2 aromatic carbocycles. The van der Waals surface area contributed by atoms with E-state index in [9.17, 15) is 27.6 Å². The molecule has 2 aromatic rings. The smallest absolute Gasteiger partial charge is 0.311 e. The van der Waals surface area contributed by atoms with E-state index in [0.717, 1.165) is 23.1 Å². The topological polar surface area (TPSA) is 75.7 Å². The Kier molecular flexibility index (Phi) is 5.62. The first kappa shape index (κ1) is 19.4. The number of para-hydroxylation sites is 2. The molecule has 2 amide bonds. The van der Waals surface area contributed by atoms with Crippen molar-refractivity contribution in [3.8, 4) is 0 Å². The molecule has 0 spiro atoms. The van der Waals surface area contributed by atoms with Gasteiger partial charge in [-0.3, -0.25) is 14.4 Å². The quantitative estimate of drug-likeness (QED) is 0.794. The number of hydrogen-bond acceptors (Lipinski definition) is 4. The molecule has 1 fully saturated rings. The van der Waals surface area contributed by atoms with Gasteiger partial charge in [0.05, 0.1) is 11.6 Å². The Hall–Kier alpha value is -3.36. The van der Waals surface area contributed by atoms with Crippen LogP contribution in [0.15, 0.2) is 42.5 Å². The molecule has 1 aliphatic heterocycles. The minimum atomic E-state index is -0.971. The van der Waals surface area contributed by atoms with E-state index in [2.05, 4.69) is 0 Å². The zero-order valence-corrected chi connectivity index (χ0v) is 14.5. The highest BCUT2D eigenvalue weighted by Gasteiger charge is 2.37. The van der Waals surface area contributed by atoms with Crippen molar-refractivity contribution < 1.29 is 32.3 Å². The average Bonchev–Trinajstić information content (AvgIpc) is 3.05. The molecule has 146 valence electrons. The second-order valence-corrected chi connectivity index (χ2v) is 6.11. The van der Waals surface area contributed by atoms with E-state index in [-0.39, 0.29) is 18.7 Å². The lowest BCUT2D eigenvalue weighted by atomic mass is 10.1. The predicted molar refractivity (Wildman–Crippen MR) is 92.8 cm³/mol. The van der Waals surface area contributed by atoms with Gasteiger partial charge in [-0.1, -0.05) is 18.2 Å². The minimum Gasteiger partial charge on any atom is -0.455 e. The Balaban J connectivity index is 1.56. The van der Waals surface area contributed by atoms with Crippen LogP contribution in [0, 0.1) is 23.4 Å². The van der Waals surface area contributed by atoms with Crippen molar-refractivity contribution in [1.82, 2.24) is 0 Å². The predicted octanol–water partition coefficient (Wildman–Crippen LogP) is 2.64. The van der Waals surface area contributed by atoms with Crippen molar-refractivity contribution >= 4 is 29.2 Å². The number of nitrogens with one attached hydrogen (secondary N) is 1. The standard InChI is InChI=1S/C19H15F3N2O4/c20-12-4-1-2-7-15(12)24-9-11(8-17(24)26)19(27)28-10-16(25)23-18-13(21)5-3-6-14(18)22/h1-7,11H,8-10H2,(H,23,25)/t11-/m1/s1. The zero-order valence-electron chi connectivity index (χ0n) is 14.5. The molecule has 3 rings (SSSR count). The Morgan fingerprint density at radius 1 is 1.04 bits per heavy atom. The third-order valence-electron chi connectivity index (χ3n) is 4.17. The maximum atomic E-state index is 13.8. The largest absolute Gasteiger partial charge is 0.455 e. The number of anilines is 2. The van der Waals surface area contributed by atoms with Crippen molar-refractivity contribution in [1.29, 1.82) is 0 Å². The number of ether oxygens (including phenoxy) is 1. The van der Waals surface area contributed by atoms with Crippen LogP contribution in [0.3, 0.4) is 0 Å². The maximum Gasteiger partial charge on any atom is 0.311 e. The number of carbonyl (C=O) groups excluding carboxylic acids is 3. The second-order valence-electron chi connectivity index (χ2n) is 6.11. The van der Waals surface area contributed by atoms with Crippen LogP contribution in [0.4, 0.5) is 24.5 Å². The molecule has 1 heterocycles. The summed E-state index contributed by atoms with van der Waals surface area (Å²) in [7, 11) is 0. The molecule has 28 heavy (non-hydrogen) atoms. The van der Waals surface area contributed by atoms with Crippen LogP contribution < -0.4 is 10.2 Å². The van der Waals surface area contributed by atoms with Crippen LogP contribution in [-0.4, -0.2) is 30.9 Å². The van der Waals surface area contributed by atoms with Gasteiger partial charge >= 0.3 is 5.97 Å². The summed E-state index contributed by atoms with van der Waals surface area (Å²) in [5.74, 6) is -5.65. The third-order valence-corrected chi connectivity index (χ3v) is 4.17. The third kappa shape index (κ3) is 4.13. The van der Waals surface area contributed by atoms with Gasteiger partial charge in [-0.15, -0.1) is 0 Å². The van der Waals surface area contributed by atoms with Crippen LogP contribution in [0.1, 0.15) is 6.42 Å². The van der Waals surface area contributed by atoms with E-state index < -0.39 is 53.4 Å². The summed E-state index contributed by atoms with van der Waals surface area (Å²) in [6.07, 6.45) is -0.198. The highest BCUT2D eigenvalue weighted by molar-refractivity contribution is 6.00. The SMILES string of the molecule is O=C(COC(=O)[C@@H]1CC(=O)N(c2ccccc2F)C1)Nc1c(F)cccc1F. The molecule has 0 bridgehead atoms. The molecule has 6 nitrogen and oxygen atoms in total. The number of rotatable bonds is 5. The highest BCUT2D eigenvalue weighted by atomic mass is 19.1. The van der Waals surface area contributed by atoms with Crippen LogP contribution in [-0.2, 0) is 19.1 Å². The van der Waals surface area contributed by atoms with Gasteiger partial charge in [-0.25, -0.2) is 13.2 Å². The Labute approximate surface area is 157 Å². The van der Waals surface area contributed by atoms with E-state index in [1.165, 1.54) is 18.2 Å². The average molecular weight is 392 g/mol. The summed E-state index contributed by atoms with van der Waals surface area (Å²) >= 11 is 0. The molecular weight excluding hydrogens is 377 g/mol. The Morgan fingerprint density at radius 3 is 2.36 bits per heavy atom. The summed E-state index contributed by atoms with van der Waals surface area (Å²) < 4.78 is 45.7. The number of carbonyl (C=O) groups is 3. The van der Waals surface area contributed by atoms with Crippen molar-refractivity contribution in [3.05, 3.63) is 59.9 Å². The zero-order chi connectivity index (χ0) is 20.3. The van der Waals surface area contributed by atoms with Gasteiger partial charge in [0.25, 0.3) is 5.91 Å². The number of halogens is 3. The van der Waals surface area contributed by atoms with Gasteiger partial charge in [0, 0.05) is 13.0 Å². The first-order valence-electron chi connectivity index (χ1n) is 8.32. The highest BCUT2D eigenvalue weighted by Crippen LogP contribution is 2.27. The molecule has 1 atom stereocenters. The van der Waals surface area contributed by atoms with Gasteiger partial charge in [0.1, 0.15) is 23.1 Å². The van der Waals surface area contributed by atoms with Gasteiger partial charge in [0.2, 0.25) is 5.91 Å². The molecular formula is C19H15F3N2O4. The normalized spacial score (nSPS) is 16.2. The summed E-state index contributed by atoms with van der Waals surface area (Å²) in [6, 6.07) is 8.71. The van der Waals surface area contributed by atoms with Crippen molar-refractivity contribution in [2.75, 3.05) is 23.4 Å². The van der Waals surface area contributed by atoms with Crippen LogP contribution in [0.25, 0.3) is 0 Å². The lowest BCUT2D eigenvalue weighted by molar-refractivity contribution is -0.151. The minimum absolute atomic E-state index is 0.0515. The van der Waals surface area contributed by atoms with Crippen LogP contribution >= 0.6 is 0 Å². The van der Waals surface area contributed by atoms with Crippen molar-refractivity contribution in [3.63, 3.8) is 0 Å². The fourth-order valence-corrected chi connectivity index (χ4v) is 2.82. The monoisotopic (exact) mass is 392 g/mol. The number of hydrogen-bond donors (Lipinski definition) is 1. The van der Waals surface area contributed by atoms with Gasteiger partial charge in [-0.2, -0.15) is 0 Å². The lowest BCUT2D eigenvalue weighted by Crippen LogP contribution is -2.28. The van der Waals surface area contributed by atoms with Gasteiger partial charge < -0.3 is 15.0 Å². The second kappa shape index (κ2) is 8.12. The summed E-state index contributed by atoms with van der Waals surface area (Å²) in [6.45, 7) is -0.876. The molecule has 1 aliphatic rings. The molecule has 1 saturated heterocycles.